The van der Waals surface area contributed by atoms with E-state index in [0.717, 1.165) is 17.5 Å². The van der Waals surface area contributed by atoms with Gasteiger partial charge in [0.25, 0.3) is 11.6 Å². The molecule has 1 aliphatic rings. The highest BCUT2D eigenvalue weighted by Crippen LogP contribution is 2.23. The predicted octanol–water partition coefficient (Wildman–Crippen LogP) is 2.68. The Kier molecular flexibility index (Phi) is 4.97. The lowest BCUT2D eigenvalue weighted by atomic mass is 10.1. The van der Waals surface area contributed by atoms with Gasteiger partial charge in [0.05, 0.1) is 4.92 Å². The Morgan fingerprint density at radius 3 is 2.27 bits per heavy atom. The first-order chi connectivity index (χ1) is 12.5. The Balaban J connectivity index is 1.65. The van der Waals surface area contributed by atoms with Crippen LogP contribution in [0.2, 0.25) is 0 Å². The molecule has 0 aromatic heterocycles. The van der Waals surface area contributed by atoms with Crippen molar-refractivity contribution in [3.05, 3.63) is 69.3 Å². The molecule has 7 nitrogen and oxygen atoms in total. The Morgan fingerprint density at radius 2 is 1.73 bits per heavy atom. The van der Waals surface area contributed by atoms with E-state index in [1.54, 1.807) is 11.0 Å². The van der Waals surface area contributed by atoms with Crippen LogP contribution < -0.4 is 4.90 Å². The molecular formula is C19H19N3O4. The van der Waals surface area contributed by atoms with Crippen LogP contribution in [-0.2, 0) is 0 Å². The van der Waals surface area contributed by atoms with E-state index in [1.807, 2.05) is 19.1 Å². The molecule has 3 rings (SSSR count). The number of nitro groups is 1. The number of non-ortho nitro benzene ring substituents is 1. The van der Waals surface area contributed by atoms with Crippen molar-refractivity contribution >= 4 is 23.6 Å². The third-order valence-corrected chi connectivity index (χ3v) is 4.59. The molecule has 0 bridgehead atoms. The van der Waals surface area contributed by atoms with Crippen LogP contribution >= 0.6 is 0 Å². The highest BCUT2D eigenvalue weighted by Gasteiger charge is 2.23. The lowest BCUT2D eigenvalue weighted by Gasteiger charge is -2.37. The van der Waals surface area contributed by atoms with Gasteiger partial charge in [-0.05, 0) is 42.8 Å². The smallest absolute Gasteiger partial charge is 0.269 e. The summed E-state index contributed by atoms with van der Waals surface area (Å²) in [6.07, 6.45) is 0.831. The van der Waals surface area contributed by atoms with Gasteiger partial charge in [0.1, 0.15) is 6.29 Å². The second kappa shape index (κ2) is 7.35. The van der Waals surface area contributed by atoms with Crippen molar-refractivity contribution in [3.63, 3.8) is 0 Å². The van der Waals surface area contributed by atoms with Crippen LogP contribution in [0.4, 0.5) is 11.4 Å². The topological polar surface area (TPSA) is 83.8 Å². The molecule has 0 spiro atoms. The van der Waals surface area contributed by atoms with Gasteiger partial charge in [0.2, 0.25) is 0 Å². The first-order valence-electron chi connectivity index (χ1n) is 8.34. The summed E-state index contributed by atoms with van der Waals surface area (Å²) in [4.78, 5) is 37.6. The average molecular weight is 353 g/mol. The van der Waals surface area contributed by atoms with Gasteiger partial charge in [-0.3, -0.25) is 19.7 Å². The summed E-state index contributed by atoms with van der Waals surface area (Å²) in [7, 11) is 0. The molecule has 1 fully saturated rings. The summed E-state index contributed by atoms with van der Waals surface area (Å²) in [5.74, 6) is -0.118. The number of piperazine rings is 1. The molecule has 0 N–H and O–H groups in total. The van der Waals surface area contributed by atoms with Crippen molar-refractivity contribution in [2.24, 2.45) is 0 Å². The number of hydrogen-bond donors (Lipinski definition) is 0. The zero-order valence-electron chi connectivity index (χ0n) is 14.4. The number of hydrogen-bond acceptors (Lipinski definition) is 5. The monoisotopic (exact) mass is 353 g/mol. The molecule has 1 heterocycles. The first-order valence-corrected chi connectivity index (χ1v) is 8.34. The molecule has 1 amide bonds. The molecule has 134 valence electrons. The van der Waals surface area contributed by atoms with Crippen molar-refractivity contribution < 1.29 is 14.5 Å². The summed E-state index contributed by atoms with van der Waals surface area (Å²) >= 11 is 0. The molecule has 1 saturated heterocycles. The zero-order valence-corrected chi connectivity index (χ0v) is 14.4. The molecule has 0 unspecified atom stereocenters. The van der Waals surface area contributed by atoms with Crippen LogP contribution in [0.1, 0.15) is 26.3 Å². The van der Waals surface area contributed by atoms with E-state index in [4.69, 9.17) is 0 Å². The van der Waals surface area contributed by atoms with Gasteiger partial charge in [0.15, 0.2) is 0 Å². The number of anilines is 1. The van der Waals surface area contributed by atoms with Crippen molar-refractivity contribution in [2.45, 2.75) is 6.92 Å². The number of benzene rings is 2. The zero-order chi connectivity index (χ0) is 18.7. The van der Waals surface area contributed by atoms with Gasteiger partial charge >= 0.3 is 0 Å². The van der Waals surface area contributed by atoms with Crippen LogP contribution in [0.15, 0.2) is 42.5 Å². The second-order valence-corrected chi connectivity index (χ2v) is 6.25. The molecular weight excluding hydrogens is 334 g/mol. The number of aryl methyl sites for hydroxylation is 1. The van der Waals surface area contributed by atoms with E-state index < -0.39 is 4.92 Å². The number of nitro benzene ring substituents is 1. The van der Waals surface area contributed by atoms with Gasteiger partial charge in [0, 0.05) is 55.1 Å². The third kappa shape index (κ3) is 3.56. The standard InChI is InChI=1S/C19H19N3O4/c1-14-12-15(13-23)2-7-18(14)20-8-10-21(11-9-20)19(24)16-3-5-17(6-4-16)22(25)26/h2-7,12-13H,8-11H2,1H3. The molecule has 2 aromatic rings. The molecule has 1 aliphatic heterocycles. The number of amides is 1. The largest absolute Gasteiger partial charge is 0.368 e. The van der Waals surface area contributed by atoms with Crippen LogP contribution in [0.25, 0.3) is 0 Å². The minimum absolute atomic E-state index is 0.0272. The molecule has 26 heavy (non-hydrogen) atoms. The van der Waals surface area contributed by atoms with E-state index in [2.05, 4.69) is 4.90 Å². The number of rotatable bonds is 4. The maximum absolute atomic E-state index is 12.6. The minimum atomic E-state index is -0.481. The van der Waals surface area contributed by atoms with Gasteiger partial charge in [-0.15, -0.1) is 0 Å². The molecule has 0 saturated carbocycles. The summed E-state index contributed by atoms with van der Waals surface area (Å²) in [5.41, 5.74) is 3.18. The molecule has 0 atom stereocenters. The normalized spacial score (nSPS) is 14.2. The highest BCUT2D eigenvalue weighted by molar-refractivity contribution is 5.94. The van der Waals surface area contributed by atoms with E-state index in [0.29, 0.717) is 37.3 Å². The second-order valence-electron chi connectivity index (χ2n) is 6.25. The van der Waals surface area contributed by atoms with Gasteiger partial charge in [-0.1, -0.05) is 0 Å². The predicted molar refractivity (Wildman–Crippen MR) is 97.8 cm³/mol. The molecule has 2 aromatic carbocycles. The van der Waals surface area contributed by atoms with Gasteiger partial charge < -0.3 is 9.80 Å². The highest BCUT2D eigenvalue weighted by atomic mass is 16.6. The fourth-order valence-electron chi connectivity index (χ4n) is 3.17. The van der Waals surface area contributed by atoms with Crippen LogP contribution in [0, 0.1) is 17.0 Å². The number of nitrogens with zero attached hydrogens (tertiary/aromatic N) is 3. The summed E-state index contributed by atoms with van der Waals surface area (Å²) in [5, 5.41) is 10.7. The lowest BCUT2D eigenvalue weighted by molar-refractivity contribution is -0.384. The average Bonchev–Trinajstić information content (AvgIpc) is 2.67. The van der Waals surface area contributed by atoms with Crippen molar-refractivity contribution in [3.8, 4) is 0 Å². The lowest BCUT2D eigenvalue weighted by Crippen LogP contribution is -2.49. The maximum Gasteiger partial charge on any atom is 0.269 e. The van der Waals surface area contributed by atoms with Gasteiger partial charge in [-0.2, -0.15) is 0 Å². The fraction of sp³-hybridized carbons (Fsp3) is 0.263. The Hall–Kier alpha value is -3.22. The van der Waals surface area contributed by atoms with E-state index in [1.165, 1.54) is 24.3 Å². The van der Waals surface area contributed by atoms with Crippen LogP contribution in [0.5, 0.6) is 0 Å². The van der Waals surface area contributed by atoms with Crippen LogP contribution in [0.3, 0.4) is 0 Å². The maximum atomic E-state index is 12.6. The summed E-state index contributed by atoms with van der Waals surface area (Å²) in [6.45, 7) is 4.51. The van der Waals surface area contributed by atoms with Crippen molar-refractivity contribution in [1.82, 2.24) is 4.90 Å². The third-order valence-electron chi connectivity index (χ3n) is 4.59. The molecule has 0 radical (unpaired) electrons. The molecule has 0 aliphatic carbocycles. The van der Waals surface area contributed by atoms with Gasteiger partial charge in [-0.25, -0.2) is 0 Å². The van der Waals surface area contributed by atoms with E-state index >= 15 is 0 Å². The quantitative estimate of drug-likeness (QED) is 0.479. The number of aldehydes is 1. The number of carbonyl (C=O) groups is 2. The number of carbonyl (C=O) groups excluding carboxylic acids is 2. The Bertz CT molecular complexity index is 840. The Morgan fingerprint density at radius 1 is 1.08 bits per heavy atom. The Labute approximate surface area is 151 Å². The molecule has 7 heteroatoms. The summed E-state index contributed by atoms with van der Waals surface area (Å²) in [6, 6.07) is 11.3. The SMILES string of the molecule is Cc1cc(C=O)ccc1N1CCN(C(=O)c2ccc([N+](=O)[O-])cc2)CC1. The van der Waals surface area contributed by atoms with Crippen molar-refractivity contribution in [2.75, 3.05) is 31.1 Å². The minimum Gasteiger partial charge on any atom is -0.368 e. The van der Waals surface area contributed by atoms with Crippen LogP contribution in [-0.4, -0.2) is 48.2 Å². The fourth-order valence-corrected chi connectivity index (χ4v) is 3.17. The summed E-state index contributed by atoms with van der Waals surface area (Å²) < 4.78 is 0. The first kappa shape index (κ1) is 17.6. The van der Waals surface area contributed by atoms with Crippen molar-refractivity contribution in [1.29, 1.82) is 0 Å². The van der Waals surface area contributed by atoms with E-state index in [-0.39, 0.29) is 11.6 Å². The van der Waals surface area contributed by atoms with E-state index in [9.17, 15) is 19.7 Å².